The van der Waals surface area contributed by atoms with Crippen LogP contribution in [-0.2, 0) is 14.8 Å². The number of methoxy groups -OCH3 is 1. The molecule has 2 atom stereocenters. The molecule has 0 spiro atoms. The molecule has 1 heterocycles. The molecule has 0 unspecified atom stereocenters. The van der Waals surface area contributed by atoms with Crippen molar-refractivity contribution >= 4 is 27.5 Å². The van der Waals surface area contributed by atoms with Crippen molar-refractivity contribution in [1.29, 1.82) is 0 Å². The predicted octanol–water partition coefficient (Wildman–Crippen LogP) is 3.17. The molecule has 1 amide bonds. The van der Waals surface area contributed by atoms with Gasteiger partial charge in [0.15, 0.2) is 0 Å². The first-order chi connectivity index (χ1) is 15.2. The lowest BCUT2D eigenvalue weighted by Crippen LogP contribution is -2.46. The maximum absolute atomic E-state index is 13.1. The largest absolute Gasteiger partial charge is 0.497 e. The normalized spacial score (nSPS) is 18.3. The molecule has 0 saturated carbocycles. The topological polar surface area (TPSA) is 79.0 Å². The third-order valence-corrected chi connectivity index (χ3v) is 8.03. The summed E-state index contributed by atoms with van der Waals surface area (Å²) in [6, 6.07) is 13.8. The summed E-state index contributed by atoms with van der Waals surface area (Å²) in [5.74, 6) is 0.0539. The van der Waals surface area contributed by atoms with Gasteiger partial charge >= 0.3 is 0 Å². The smallest absolute Gasteiger partial charge is 0.243 e. The minimum absolute atomic E-state index is 0.0876. The van der Waals surface area contributed by atoms with Crippen molar-refractivity contribution in [2.75, 3.05) is 40.8 Å². The molecule has 0 radical (unpaired) electrons. The fourth-order valence-electron chi connectivity index (χ4n) is 3.93. The Morgan fingerprint density at radius 3 is 2.53 bits per heavy atom. The summed E-state index contributed by atoms with van der Waals surface area (Å²) in [6.45, 7) is 0.953. The fraction of sp³-hybridized carbons (Fsp3) is 0.435. The zero-order valence-corrected chi connectivity index (χ0v) is 20.2. The molecule has 1 aliphatic heterocycles. The number of halogens is 1. The molecular formula is C23H30ClN3O4S. The molecular weight excluding hydrogens is 450 g/mol. The van der Waals surface area contributed by atoms with Crippen LogP contribution in [0.25, 0.3) is 0 Å². The molecule has 3 rings (SSSR count). The van der Waals surface area contributed by atoms with E-state index < -0.39 is 15.9 Å². The Balaban J connectivity index is 1.66. The maximum atomic E-state index is 13.1. The van der Waals surface area contributed by atoms with Crippen LogP contribution in [0.1, 0.15) is 24.4 Å². The van der Waals surface area contributed by atoms with Gasteiger partial charge in [0.2, 0.25) is 15.9 Å². The minimum atomic E-state index is -3.67. The lowest BCUT2D eigenvalue weighted by atomic mass is 9.98. The SMILES string of the molecule is COc1ccc(S(=O)(=O)N2CCC[C@@H](C(=O)NC[C@@H](c3ccccc3Cl)N(C)C)C2)cc1. The van der Waals surface area contributed by atoms with Crippen molar-refractivity contribution in [3.05, 3.63) is 59.1 Å². The summed E-state index contributed by atoms with van der Waals surface area (Å²) in [6.07, 6.45) is 1.29. The average molecular weight is 480 g/mol. The number of carbonyl (C=O) groups excluding carboxylic acids is 1. The molecule has 2 aromatic rings. The summed E-state index contributed by atoms with van der Waals surface area (Å²) in [5.41, 5.74) is 0.937. The maximum Gasteiger partial charge on any atom is 0.243 e. The number of benzene rings is 2. The Kier molecular flexibility index (Phi) is 8.16. The number of piperidine rings is 1. The van der Waals surface area contributed by atoms with Gasteiger partial charge in [-0.05, 0) is 62.8 Å². The van der Waals surface area contributed by atoms with Crippen LogP contribution in [0.3, 0.4) is 0 Å². The zero-order chi connectivity index (χ0) is 23.3. The van der Waals surface area contributed by atoms with Crippen LogP contribution in [0.5, 0.6) is 5.75 Å². The first kappa shape index (κ1) is 24.5. The van der Waals surface area contributed by atoms with Crippen molar-refractivity contribution in [3.63, 3.8) is 0 Å². The van der Waals surface area contributed by atoms with Crippen molar-refractivity contribution < 1.29 is 17.9 Å². The van der Waals surface area contributed by atoms with Gasteiger partial charge in [-0.2, -0.15) is 4.31 Å². The van der Waals surface area contributed by atoms with Gasteiger partial charge in [-0.1, -0.05) is 29.8 Å². The van der Waals surface area contributed by atoms with Gasteiger partial charge in [0.25, 0.3) is 0 Å². The number of likely N-dealkylation sites (N-methyl/N-ethyl adjacent to an activating group) is 1. The van der Waals surface area contributed by atoms with Gasteiger partial charge in [-0.3, -0.25) is 4.79 Å². The summed E-state index contributed by atoms with van der Waals surface area (Å²) < 4.78 is 32.6. The van der Waals surface area contributed by atoms with E-state index in [1.54, 1.807) is 12.1 Å². The van der Waals surface area contributed by atoms with E-state index >= 15 is 0 Å². The van der Waals surface area contributed by atoms with Crippen LogP contribution in [0.15, 0.2) is 53.4 Å². The van der Waals surface area contributed by atoms with E-state index in [-0.39, 0.29) is 23.4 Å². The minimum Gasteiger partial charge on any atom is -0.497 e. The number of nitrogens with zero attached hydrogens (tertiary/aromatic N) is 2. The monoisotopic (exact) mass is 479 g/mol. The van der Waals surface area contributed by atoms with Gasteiger partial charge < -0.3 is 15.0 Å². The lowest BCUT2D eigenvalue weighted by Gasteiger charge is -2.32. The Morgan fingerprint density at radius 2 is 1.91 bits per heavy atom. The lowest BCUT2D eigenvalue weighted by molar-refractivity contribution is -0.126. The Hall–Kier alpha value is -2.13. The molecule has 174 valence electrons. The first-order valence-electron chi connectivity index (χ1n) is 10.6. The quantitative estimate of drug-likeness (QED) is 0.629. The Morgan fingerprint density at radius 1 is 1.22 bits per heavy atom. The van der Waals surface area contributed by atoms with E-state index in [1.807, 2.05) is 43.3 Å². The van der Waals surface area contributed by atoms with Crippen LogP contribution < -0.4 is 10.1 Å². The summed E-state index contributed by atoms with van der Waals surface area (Å²) in [4.78, 5) is 15.1. The predicted molar refractivity (Wildman–Crippen MR) is 125 cm³/mol. The van der Waals surface area contributed by atoms with Gasteiger partial charge in [-0.25, -0.2) is 8.42 Å². The van der Waals surface area contributed by atoms with Crippen LogP contribution in [0, 0.1) is 5.92 Å². The number of rotatable bonds is 8. The van der Waals surface area contributed by atoms with E-state index in [0.29, 0.717) is 36.7 Å². The van der Waals surface area contributed by atoms with Crippen LogP contribution in [0.4, 0.5) is 0 Å². The Bertz CT molecular complexity index is 1030. The molecule has 1 aliphatic rings. The highest BCUT2D eigenvalue weighted by molar-refractivity contribution is 7.89. The highest BCUT2D eigenvalue weighted by Crippen LogP contribution is 2.27. The summed E-state index contributed by atoms with van der Waals surface area (Å²) in [5, 5.41) is 3.66. The molecule has 0 aliphatic carbocycles. The number of amides is 1. The second kappa shape index (κ2) is 10.7. The van der Waals surface area contributed by atoms with E-state index in [1.165, 1.54) is 23.5 Å². The summed E-state index contributed by atoms with van der Waals surface area (Å²) in [7, 11) is 1.73. The number of hydrogen-bond donors (Lipinski definition) is 1. The molecule has 1 N–H and O–H groups in total. The average Bonchev–Trinajstić information content (AvgIpc) is 2.80. The number of carbonyl (C=O) groups is 1. The Labute approximate surface area is 195 Å². The molecule has 1 saturated heterocycles. The van der Waals surface area contributed by atoms with E-state index in [2.05, 4.69) is 5.32 Å². The van der Waals surface area contributed by atoms with Crippen LogP contribution in [0.2, 0.25) is 5.02 Å². The number of nitrogens with one attached hydrogen (secondary N) is 1. The highest BCUT2D eigenvalue weighted by Gasteiger charge is 2.33. The van der Waals surface area contributed by atoms with E-state index in [4.69, 9.17) is 16.3 Å². The zero-order valence-electron chi connectivity index (χ0n) is 18.6. The van der Waals surface area contributed by atoms with Crippen LogP contribution >= 0.6 is 11.6 Å². The van der Waals surface area contributed by atoms with E-state index in [0.717, 1.165) is 5.56 Å². The highest BCUT2D eigenvalue weighted by atomic mass is 35.5. The molecule has 32 heavy (non-hydrogen) atoms. The van der Waals surface area contributed by atoms with Gasteiger partial charge in [-0.15, -0.1) is 0 Å². The number of hydrogen-bond acceptors (Lipinski definition) is 5. The molecule has 9 heteroatoms. The summed E-state index contributed by atoms with van der Waals surface area (Å²) >= 11 is 6.35. The number of ether oxygens (including phenoxy) is 1. The fourth-order valence-corrected chi connectivity index (χ4v) is 5.71. The third kappa shape index (κ3) is 5.61. The standard InChI is InChI=1S/C23H30ClN3O4S/c1-26(2)22(20-8-4-5-9-21(20)24)15-25-23(28)17-7-6-14-27(16-17)32(29,30)19-12-10-18(31-3)11-13-19/h4-5,8-13,17,22H,6-7,14-16H2,1-3H3,(H,25,28)/t17-,22+/m1/s1. The number of sulfonamides is 1. The second-order valence-corrected chi connectivity index (χ2v) is 10.5. The molecule has 1 fully saturated rings. The van der Waals surface area contributed by atoms with Crippen molar-refractivity contribution in [2.45, 2.75) is 23.8 Å². The van der Waals surface area contributed by atoms with Crippen molar-refractivity contribution in [2.24, 2.45) is 5.92 Å². The third-order valence-electron chi connectivity index (χ3n) is 5.81. The van der Waals surface area contributed by atoms with Gasteiger partial charge in [0.05, 0.1) is 24.0 Å². The molecule has 0 bridgehead atoms. The van der Waals surface area contributed by atoms with Crippen molar-refractivity contribution in [3.8, 4) is 5.75 Å². The van der Waals surface area contributed by atoms with Crippen molar-refractivity contribution in [1.82, 2.24) is 14.5 Å². The molecule has 0 aromatic heterocycles. The van der Waals surface area contributed by atoms with Gasteiger partial charge in [0.1, 0.15) is 5.75 Å². The van der Waals surface area contributed by atoms with Gasteiger partial charge in [0, 0.05) is 24.7 Å². The second-order valence-electron chi connectivity index (χ2n) is 8.12. The van der Waals surface area contributed by atoms with E-state index in [9.17, 15) is 13.2 Å². The van der Waals surface area contributed by atoms with Crippen LogP contribution in [-0.4, -0.2) is 64.4 Å². The molecule has 2 aromatic carbocycles. The first-order valence-corrected chi connectivity index (χ1v) is 12.4. The molecule has 7 nitrogen and oxygen atoms in total.